The van der Waals surface area contributed by atoms with E-state index in [2.05, 4.69) is 9.69 Å². The maximum Gasteiger partial charge on any atom is 0.225 e. The first-order valence-corrected chi connectivity index (χ1v) is 5.19. The summed E-state index contributed by atoms with van der Waals surface area (Å²) in [6.07, 6.45) is 0. The van der Waals surface area contributed by atoms with E-state index in [0.29, 0.717) is 10.8 Å². The van der Waals surface area contributed by atoms with E-state index in [4.69, 9.17) is 4.74 Å². The molecule has 0 atom stereocenters. The number of hydrogen-bond acceptors (Lipinski definition) is 5. The summed E-state index contributed by atoms with van der Waals surface area (Å²) in [4.78, 5) is 12.6. The van der Waals surface area contributed by atoms with Gasteiger partial charge in [0.05, 0.1) is 17.4 Å². The molecule has 14 heavy (non-hydrogen) atoms. The molecule has 1 aliphatic heterocycles. The van der Waals surface area contributed by atoms with Gasteiger partial charge in [-0.25, -0.2) is 0 Å². The van der Waals surface area contributed by atoms with Crippen molar-refractivity contribution in [2.75, 3.05) is 20.2 Å². The number of ether oxygens (including phenoxy) is 1. The SMILES string of the molecule is COc1cc(C(=O)C2(C)CNC2)sn1. The molecule has 1 aromatic rings. The molecule has 2 rings (SSSR count). The highest BCUT2D eigenvalue weighted by Crippen LogP contribution is 2.29. The van der Waals surface area contributed by atoms with Gasteiger partial charge in [0.25, 0.3) is 0 Å². The summed E-state index contributed by atoms with van der Waals surface area (Å²) in [5, 5.41) is 3.11. The normalized spacial score (nSPS) is 18.7. The minimum Gasteiger partial charge on any atom is -0.480 e. The van der Waals surface area contributed by atoms with Crippen LogP contribution in [0.2, 0.25) is 0 Å². The van der Waals surface area contributed by atoms with Crippen molar-refractivity contribution in [1.29, 1.82) is 0 Å². The van der Waals surface area contributed by atoms with Gasteiger partial charge >= 0.3 is 0 Å². The number of nitrogens with zero attached hydrogens (tertiary/aromatic N) is 1. The van der Waals surface area contributed by atoms with Crippen molar-refractivity contribution < 1.29 is 9.53 Å². The maximum atomic E-state index is 12.0. The van der Waals surface area contributed by atoms with Gasteiger partial charge in [-0.3, -0.25) is 4.79 Å². The molecule has 0 aliphatic carbocycles. The van der Waals surface area contributed by atoms with E-state index in [9.17, 15) is 4.79 Å². The minimum atomic E-state index is -0.239. The molecular formula is C9H12N2O2S. The van der Waals surface area contributed by atoms with Gasteiger partial charge in [-0.1, -0.05) is 0 Å². The molecule has 1 aromatic heterocycles. The fraction of sp³-hybridized carbons (Fsp3) is 0.556. The van der Waals surface area contributed by atoms with Gasteiger partial charge in [0.2, 0.25) is 5.88 Å². The first kappa shape index (κ1) is 9.61. The largest absolute Gasteiger partial charge is 0.480 e. The first-order valence-electron chi connectivity index (χ1n) is 4.42. The highest BCUT2D eigenvalue weighted by molar-refractivity contribution is 7.08. The predicted octanol–water partition coefficient (Wildman–Crippen LogP) is 0.944. The third kappa shape index (κ3) is 1.42. The number of carbonyl (C=O) groups excluding carboxylic acids is 1. The standard InChI is InChI=1S/C9H12N2O2S/c1-9(4-10-5-9)8(12)6-3-7(13-2)11-14-6/h3,10H,4-5H2,1-2H3. The molecule has 1 aliphatic rings. The Bertz CT molecular complexity index is 357. The molecule has 0 bridgehead atoms. The summed E-state index contributed by atoms with van der Waals surface area (Å²) in [5.74, 6) is 0.686. The number of Topliss-reactive ketones (excluding diaryl/α,β-unsaturated/α-hetero) is 1. The molecule has 5 heteroatoms. The molecule has 1 saturated heterocycles. The monoisotopic (exact) mass is 212 g/mol. The molecule has 0 amide bonds. The zero-order chi connectivity index (χ0) is 10.2. The van der Waals surface area contributed by atoms with Crippen molar-refractivity contribution in [2.45, 2.75) is 6.92 Å². The molecule has 0 spiro atoms. The average Bonchev–Trinajstić information content (AvgIpc) is 2.61. The lowest BCUT2D eigenvalue weighted by atomic mass is 9.79. The van der Waals surface area contributed by atoms with Gasteiger partial charge in [0.15, 0.2) is 5.78 Å². The highest BCUT2D eigenvalue weighted by Gasteiger charge is 2.40. The van der Waals surface area contributed by atoms with Crippen molar-refractivity contribution in [2.24, 2.45) is 5.41 Å². The molecule has 4 nitrogen and oxygen atoms in total. The second kappa shape index (κ2) is 3.33. The number of carbonyl (C=O) groups is 1. The van der Waals surface area contributed by atoms with Crippen LogP contribution in [0.4, 0.5) is 0 Å². The Morgan fingerprint density at radius 1 is 1.71 bits per heavy atom. The minimum absolute atomic E-state index is 0.164. The summed E-state index contributed by atoms with van der Waals surface area (Å²) in [7, 11) is 1.55. The Morgan fingerprint density at radius 2 is 2.43 bits per heavy atom. The van der Waals surface area contributed by atoms with Crippen LogP contribution in [0.3, 0.4) is 0 Å². The van der Waals surface area contributed by atoms with Crippen LogP contribution in [-0.2, 0) is 0 Å². The average molecular weight is 212 g/mol. The van der Waals surface area contributed by atoms with Crippen LogP contribution < -0.4 is 10.1 Å². The Hall–Kier alpha value is -0.940. The van der Waals surface area contributed by atoms with Gasteiger partial charge in [0, 0.05) is 19.2 Å². The molecule has 0 unspecified atom stereocenters. The van der Waals surface area contributed by atoms with Crippen molar-refractivity contribution in [1.82, 2.24) is 9.69 Å². The Balaban J connectivity index is 2.18. The Labute approximate surface area is 86.4 Å². The van der Waals surface area contributed by atoms with Gasteiger partial charge in [-0.05, 0) is 18.5 Å². The Morgan fingerprint density at radius 3 is 2.86 bits per heavy atom. The molecule has 76 valence electrons. The zero-order valence-corrected chi connectivity index (χ0v) is 8.98. The maximum absolute atomic E-state index is 12.0. The summed E-state index contributed by atoms with van der Waals surface area (Å²) in [6.45, 7) is 3.48. The van der Waals surface area contributed by atoms with Crippen LogP contribution in [0.5, 0.6) is 5.88 Å². The molecular weight excluding hydrogens is 200 g/mol. The van der Waals surface area contributed by atoms with E-state index in [0.717, 1.165) is 13.1 Å². The number of rotatable bonds is 3. The molecule has 1 N–H and O–H groups in total. The smallest absolute Gasteiger partial charge is 0.225 e. The quantitative estimate of drug-likeness (QED) is 0.758. The number of ketones is 1. The van der Waals surface area contributed by atoms with E-state index in [-0.39, 0.29) is 11.2 Å². The summed E-state index contributed by atoms with van der Waals surface area (Å²) in [5.41, 5.74) is -0.239. The summed E-state index contributed by atoms with van der Waals surface area (Å²) >= 11 is 1.21. The lowest BCUT2D eigenvalue weighted by molar-refractivity contribution is 0.0726. The van der Waals surface area contributed by atoms with E-state index in [1.165, 1.54) is 11.5 Å². The van der Waals surface area contributed by atoms with E-state index >= 15 is 0 Å². The predicted molar refractivity (Wildman–Crippen MR) is 54.0 cm³/mol. The lowest BCUT2D eigenvalue weighted by Crippen LogP contribution is -2.55. The summed E-state index contributed by atoms with van der Waals surface area (Å²) in [6, 6.07) is 1.70. The van der Waals surface area contributed by atoms with Gasteiger partial charge < -0.3 is 10.1 Å². The third-order valence-corrected chi connectivity index (χ3v) is 3.27. The van der Waals surface area contributed by atoms with Gasteiger partial charge in [0.1, 0.15) is 0 Å². The van der Waals surface area contributed by atoms with Gasteiger partial charge in [-0.2, -0.15) is 4.37 Å². The van der Waals surface area contributed by atoms with E-state index in [1.54, 1.807) is 13.2 Å². The van der Waals surface area contributed by atoms with E-state index < -0.39 is 0 Å². The number of methoxy groups -OCH3 is 1. The number of aromatic nitrogens is 1. The lowest BCUT2D eigenvalue weighted by Gasteiger charge is -2.37. The van der Waals surface area contributed by atoms with Crippen molar-refractivity contribution >= 4 is 17.3 Å². The zero-order valence-electron chi connectivity index (χ0n) is 8.16. The molecule has 0 saturated carbocycles. The highest BCUT2D eigenvalue weighted by atomic mass is 32.1. The van der Waals surface area contributed by atoms with Crippen molar-refractivity contribution in [3.63, 3.8) is 0 Å². The van der Waals surface area contributed by atoms with Crippen molar-refractivity contribution in [3.8, 4) is 5.88 Å². The second-order valence-corrected chi connectivity index (χ2v) is 4.53. The first-order chi connectivity index (χ1) is 6.65. The number of hydrogen-bond donors (Lipinski definition) is 1. The molecule has 0 radical (unpaired) electrons. The molecule has 0 aromatic carbocycles. The number of nitrogens with one attached hydrogen (secondary N) is 1. The van der Waals surface area contributed by atoms with Gasteiger partial charge in [-0.15, -0.1) is 0 Å². The molecule has 1 fully saturated rings. The molecule has 2 heterocycles. The summed E-state index contributed by atoms with van der Waals surface area (Å²) < 4.78 is 8.95. The van der Waals surface area contributed by atoms with Crippen LogP contribution in [0, 0.1) is 5.41 Å². The fourth-order valence-electron chi connectivity index (χ4n) is 1.42. The van der Waals surface area contributed by atoms with E-state index in [1.807, 2.05) is 6.92 Å². The Kier molecular flexibility index (Phi) is 2.28. The van der Waals surface area contributed by atoms with Crippen molar-refractivity contribution in [3.05, 3.63) is 10.9 Å². The van der Waals surface area contributed by atoms with Crippen LogP contribution in [0.15, 0.2) is 6.07 Å². The third-order valence-electron chi connectivity index (χ3n) is 2.50. The topological polar surface area (TPSA) is 51.2 Å². The van der Waals surface area contributed by atoms with Crippen LogP contribution >= 0.6 is 11.5 Å². The van der Waals surface area contributed by atoms with Crippen LogP contribution in [0.25, 0.3) is 0 Å². The fourth-order valence-corrected chi connectivity index (χ4v) is 2.22. The van der Waals surface area contributed by atoms with Crippen LogP contribution in [0.1, 0.15) is 16.6 Å². The second-order valence-electron chi connectivity index (χ2n) is 3.73. The van der Waals surface area contributed by atoms with Crippen LogP contribution in [-0.4, -0.2) is 30.4 Å².